The Labute approximate surface area is 176 Å². The second kappa shape index (κ2) is 9.30. The lowest BCUT2D eigenvalue weighted by atomic mass is 10.2. The third-order valence-corrected chi connectivity index (χ3v) is 5.21. The third kappa shape index (κ3) is 5.62. The van der Waals surface area contributed by atoms with Gasteiger partial charge in [-0.05, 0) is 69.6 Å². The zero-order valence-corrected chi connectivity index (χ0v) is 17.9. The molecule has 1 saturated carbocycles. The van der Waals surface area contributed by atoms with Gasteiger partial charge in [0, 0.05) is 22.1 Å². The smallest absolute Gasteiger partial charge is 0.229 e. The minimum atomic E-state index is 0.275. The van der Waals surface area contributed by atoms with Crippen molar-refractivity contribution < 1.29 is 0 Å². The maximum atomic E-state index is 6.20. The first-order valence-electron chi connectivity index (χ1n) is 9.41. The molecule has 1 aromatic heterocycles. The normalized spacial score (nSPS) is 14.8. The largest absolute Gasteiger partial charge is 0.332 e. The Kier molecular flexibility index (Phi) is 6.80. The molecule has 0 radical (unpaired) electrons. The van der Waals surface area contributed by atoms with E-state index < -0.39 is 0 Å². The van der Waals surface area contributed by atoms with Crippen LogP contribution in [0.4, 0.5) is 11.6 Å². The van der Waals surface area contributed by atoms with Crippen LogP contribution in [0.5, 0.6) is 0 Å². The van der Waals surface area contributed by atoms with Gasteiger partial charge in [-0.3, -0.25) is 5.32 Å². The Morgan fingerprint density at radius 1 is 1.11 bits per heavy atom. The Bertz CT molecular complexity index is 872. The molecular weight excluding hydrogens is 392 g/mol. The van der Waals surface area contributed by atoms with Crippen molar-refractivity contribution in [1.29, 1.82) is 0 Å². The summed E-state index contributed by atoms with van der Waals surface area (Å²) in [4.78, 5) is 13.7. The lowest BCUT2D eigenvalue weighted by Crippen LogP contribution is -2.40. The minimum absolute atomic E-state index is 0.275. The van der Waals surface area contributed by atoms with Crippen LogP contribution in [0.25, 0.3) is 0 Å². The number of rotatable bonds is 3. The number of aromatic nitrogens is 2. The average molecular weight is 417 g/mol. The summed E-state index contributed by atoms with van der Waals surface area (Å²) in [6, 6.07) is 7.88. The van der Waals surface area contributed by atoms with Crippen molar-refractivity contribution in [2.45, 2.75) is 52.5 Å². The molecule has 0 atom stereocenters. The Hall–Kier alpha value is -2.25. The first-order valence-corrected chi connectivity index (χ1v) is 10.2. The summed E-state index contributed by atoms with van der Waals surface area (Å²) < 4.78 is 0. The van der Waals surface area contributed by atoms with E-state index in [0.29, 0.717) is 22.0 Å². The molecule has 2 aromatic rings. The van der Waals surface area contributed by atoms with E-state index >= 15 is 0 Å². The highest BCUT2D eigenvalue weighted by Gasteiger charge is 2.16. The quantitative estimate of drug-likeness (QED) is 0.381. The number of nitrogens with one attached hydrogen (secondary N) is 3. The van der Waals surface area contributed by atoms with E-state index in [2.05, 4.69) is 25.9 Å². The van der Waals surface area contributed by atoms with Gasteiger partial charge >= 0.3 is 0 Å². The molecule has 8 heteroatoms. The summed E-state index contributed by atoms with van der Waals surface area (Å²) >= 11 is 11.7. The monoisotopic (exact) mass is 416 g/mol. The van der Waals surface area contributed by atoms with Crippen molar-refractivity contribution in [2.75, 3.05) is 10.6 Å². The van der Waals surface area contributed by atoms with E-state index in [1.807, 2.05) is 45.0 Å². The average Bonchev–Trinajstić information content (AvgIpc) is 3.11. The van der Waals surface area contributed by atoms with Crippen LogP contribution in [0.1, 0.15) is 42.6 Å². The fourth-order valence-electron chi connectivity index (χ4n) is 3.20. The van der Waals surface area contributed by atoms with Gasteiger partial charge < -0.3 is 10.6 Å². The number of hydrogen-bond acceptors (Lipinski definition) is 4. The molecule has 3 N–H and O–H groups in total. The van der Waals surface area contributed by atoms with Gasteiger partial charge in [-0.1, -0.05) is 30.5 Å². The zero-order valence-electron chi connectivity index (χ0n) is 16.3. The fourth-order valence-corrected chi connectivity index (χ4v) is 3.58. The predicted molar refractivity (Wildman–Crippen MR) is 120 cm³/mol. The van der Waals surface area contributed by atoms with Gasteiger partial charge in [0.1, 0.15) is 0 Å². The third-order valence-electron chi connectivity index (χ3n) is 4.60. The van der Waals surface area contributed by atoms with Crippen molar-refractivity contribution in [2.24, 2.45) is 4.99 Å². The highest BCUT2D eigenvalue weighted by atomic mass is 35.5. The van der Waals surface area contributed by atoms with Crippen LogP contribution in [0.2, 0.25) is 5.02 Å². The van der Waals surface area contributed by atoms with Gasteiger partial charge in [0.2, 0.25) is 11.9 Å². The number of aliphatic imine (C=N–C) groups is 1. The highest BCUT2D eigenvalue weighted by molar-refractivity contribution is 7.80. The second-order valence-electron chi connectivity index (χ2n) is 7.01. The van der Waals surface area contributed by atoms with E-state index in [4.69, 9.17) is 28.8 Å². The lowest BCUT2D eigenvalue weighted by molar-refractivity contribution is 0.703. The number of aryl methyl sites for hydroxylation is 2. The van der Waals surface area contributed by atoms with Crippen molar-refractivity contribution in [1.82, 2.24) is 15.3 Å². The summed E-state index contributed by atoms with van der Waals surface area (Å²) in [5.41, 5.74) is 3.58. The molecule has 1 aliphatic carbocycles. The second-order valence-corrected chi connectivity index (χ2v) is 7.82. The summed E-state index contributed by atoms with van der Waals surface area (Å²) in [6.45, 7) is 5.83. The molecular formula is C20H25ClN6S. The lowest BCUT2D eigenvalue weighted by Gasteiger charge is -2.17. The maximum Gasteiger partial charge on any atom is 0.229 e. The molecule has 1 heterocycles. The van der Waals surface area contributed by atoms with Gasteiger partial charge in [-0.15, -0.1) is 0 Å². The van der Waals surface area contributed by atoms with Crippen LogP contribution in [-0.2, 0) is 0 Å². The van der Waals surface area contributed by atoms with Crippen molar-refractivity contribution in [3.63, 3.8) is 0 Å². The van der Waals surface area contributed by atoms with Crippen LogP contribution < -0.4 is 16.0 Å². The van der Waals surface area contributed by atoms with Crippen LogP contribution >= 0.6 is 23.8 Å². The van der Waals surface area contributed by atoms with Gasteiger partial charge in [0.15, 0.2) is 5.11 Å². The van der Waals surface area contributed by atoms with Crippen molar-refractivity contribution in [3.05, 3.63) is 46.2 Å². The number of halogens is 1. The molecule has 0 aliphatic heterocycles. The molecule has 0 amide bonds. The van der Waals surface area contributed by atoms with Crippen molar-refractivity contribution in [3.8, 4) is 0 Å². The van der Waals surface area contributed by atoms with E-state index in [1.54, 1.807) is 0 Å². The Morgan fingerprint density at radius 3 is 2.46 bits per heavy atom. The van der Waals surface area contributed by atoms with E-state index in [0.717, 1.165) is 35.5 Å². The Balaban J connectivity index is 1.76. The maximum absolute atomic E-state index is 6.20. The van der Waals surface area contributed by atoms with Gasteiger partial charge in [-0.25, -0.2) is 15.0 Å². The molecule has 6 nitrogen and oxygen atoms in total. The number of benzene rings is 1. The number of guanidine groups is 1. The first kappa shape index (κ1) is 20.5. The highest BCUT2D eigenvalue weighted by Crippen LogP contribution is 2.23. The fraction of sp³-hybridized carbons (Fsp3) is 0.400. The topological polar surface area (TPSA) is 74.2 Å². The minimum Gasteiger partial charge on any atom is -0.332 e. The number of hydrogen-bond donors (Lipinski definition) is 3. The molecule has 0 bridgehead atoms. The van der Waals surface area contributed by atoms with Gasteiger partial charge in [0.05, 0.1) is 6.04 Å². The SMILES string of the molecule is Cc1cc(C)nc(NC(=NC2CCCC2)NC(=S)Nc2cccc(Cl)c2C)n1. The van der Waals surface area contributed by atoms with Gasteiger partial charge in [-0.2, -0.15) is 0 Å². The first-order chi connectivity index (χ1) is 13.4. The van der Waals surface area contributed by atoms with E-state index in [-0.39, 0.29) is 6.04 Å². The number of anilines is 2. The summed E-state index contributed by atoms with van der Waals surface area (Å²) in [5.74, 6) is 1.05. The summed E-state index contributed by atoms with van der Waals surface area (Å²) in [7, 11) is 0. The molecule has 28 heavy (non-hydrogen) atoms. The standard InChI is InChI=1S/C20H25ClN6S/c1-12-11-13(2)23-18(22-12)26-19(24-15-7-4-5-8-15)27-20(28)25-17-10-6-9-16(21)14(17)3/h6,9-11,15H,4-5,7-8H2,1-3H3,(H3,22,23,24,25,26,27,28). The van der Waals surface area contributed by atoms with Crippen LogP contribution in [0.15, 0.2) is 29.3 Å². The predicted octanol–water partition coefficient (Wildman–Crippen LogP) is 4.75. The molecule has 3 rings (SSSR count). The molecule has 1 aromatic carbocycles. The number of nitrogens with zero attached hydrogens (tertiary/aromatic N) is 3. The zero-order chi connectivity index (χ0) is 20.1. The van der Waals surface area contributed by atoms with Crippen LogP contribution in [0, 0.1) is 20.8 Å². The van der Waals surface area contributed by atoms with Crippen LogP contribution in [0.3, 0.4) is 0 Å². The summed E-state index contributed by atoms with van der Waals surface area (Å²) in [5, 5.41) is 10.7. The van der Waals surface area contributed by atoms with Crippen LogP contribution in [-0.4, -0.2) is 27.1 Å². The molecule has 1 aliphatic rings. The van der Waals surface area contributed by atoms with Crippen molar-refractivity contribution >= 4 is 46.5 Å². The van der Waals surface area contributed by atoms with Gasteiger partial charge in [0.25, 0.3) is 0 Å². The van der Waals surface area contributed by atoms with E-state index in [1.165, 1.54) is 12.8 Å². The summed E-state index contributed by atoms with van der Waals surface area (Å²) in [6.07, 6.45) is 4.56. The number of thiocarbonyl (C=S) groups is 1. The molecule has 0 unspecified atom stereocenters. The molecule has 0 spiro atoms. The Morgan fingerprint density at radius 2 is 1.79 bits per heavy atom. The molecule has 1 fully saturated rings. The molecule has 0 saturated heterocycles. The van der Waals surface area contributed by atoms with E-state index in [9.17, 15) is 0 Å². The molecule has 148 valence electrons.